The first kappa shape index (κ1) is 15.0. The highest BCUT2D eigenvalue weighted by Gasteiger charge is 2.32. The van der Waals surface area contributed by atoms with E-state index in [-0.39, 0.29) is 11.7 Å². The number of aliphatic imine (C=N–C) groups is 1. The van der Waals surface area contributed by atoms with E-state index in [9.17, 15) is 23.3 Å². The van der Waals surface area contributed by atoms with Gasteiger partial charge in [0.15, 0.2) is 5.75 Å². The molecular weight excluding hydrogens is 291 g/mol. The third-order valence-corrected chi connectivity index (χ3v) is 2.05. The smallest absolute Gasteiger partial charge is 0.403 e. The van der Waals surface area contributed by atoms with Crippen LogP contribution >= 0.6 is 11.6 Å². The Morgan fingerprint density at radius 2 is 2.16 bits per heavy atom. The number of rotatable bonds is 4. The van der Waals surface area contributed by atoms with Crippen molar-refractivity contribution in [2.75, 3.05) is 5.88 Å². The summed E-state index contributed by atoms with van der Waals surface area (Å²) in [5.41, 5.74) is 4.40. The predicted molar refractivity (Wildman–Crippen MR) is 61.8 cm³/mol. The number of halogens is 4. The topological polar surface area (TPSA) is 90.8 Å². The molecule has 6 nitrogen and oxygen atoms in total. The molecule has 1 rings (SSSR count). The summed E-state index contributed by atoms with van der Waals surface area (Å²) < 4.78 is 40.1. The second-order valence-corrected chi connectivity index (χ2v) is 3.46. The van der Waals surface area contributed by atoms with Crippen molar-refractivity contribution < 1.29 is 22.8 Å². The van der Waals surface area contributed by atoms with E-state index >= 15 is 0 Å². The van der Waals surface area contributed by atoms with Gasteiger partial charge in [0.2, 0.25) is 0 Å². The van der Waals surface area contributed by atoms with E-state index in [0.29, 0.717) is 0 Å². The molecule has 0 radical (unpaired) electrons. The molecule has 104 valence electrons. The van der Waals surface area contributed by atoms with Crippen molar-refractivity contribution in [1.29, 1.82) is 0 Å². The normalized spacial score (nSPS) is 12.3. The van der Waals surface area contributed by atoms with Gasteiger partial charge in [-0.1, -0.05) is 0 Å². The van der Waals surface area contributed by atoms with E-state index in [4.69, 9.17) is 17.3 Å². The van der Waals surface area contributed by atoms with Gasteiger partial charge in [-0.25, -0.2) is 4.99 Å². The molecule has 0 saturated heterocycles. The largest absolute Gasteiger partial charge is 0.573 e. The molecule has 0 spiro atoms. The van der Waals surface area contributed by atoms with Crippen LogP contribution in [0.2, 0.25) is 0 Å². The Balaban J connectivity index is 3.26. The van der Waals surface area contributed by atoms with Gasteiger partial charge in [-0.3, -0.25) is 10.1 Å². The fraction of sp³-hybridized carbons (Fsp3) is 0.222. The average molecular weight is 298 g/mol. The van der Waals surface area contributed by atoms with E-state index in [1.165, 1.54) is 0 Å². The molecular formula is C9H7ClF3N3O3. The van der Waals surface area contributed by atoms with Gasteiger partial charge < -0.3 is 10.5 Å². The van der Waals surface area contributed by atoms with Gasteiger partial charge in [-0.05, 0) is 6.07 Å². The zero-order valence-electron chi connectivity index (χ0n) is 9.15. The van der Waals surface area contributed by atoms with Crippen LogP contribution in [0.25, 0.3) is 0 Å². The van der Waals surface area contributed by atoms with Gasteiger partial charge in [0.05, 0.1) is 10.8 Å². The molecule has 0 aliphatic rings. The van der Waals surface area contributed by atoms with Crippen molar-refractivity contribution in [3.8, 4) is 5.75 Å². The summed E-state index contributed by atoms with van der Waals surface area (Å²) >= 11 is 5.34. The van der Waals surface area contributed by atoms with Crippen LogP contribution in [0.15, 0.2) is 23.2 Å². The van der Waals surface area contributed by atoms with Crippen molar-refractivity contribution >= 4 is 28.8 Å². The van der Waals surface area contributed by atoms with Gasteiger partial charge in [0.1, 0.15) is 11.5 Å². The van der Waals surface area contributed by atoms with E-state index in [1.807, 2.05) is 0 Å². The number of benzene rings is 1. The Morgan fingerprint density at radius 3 is 2.63 bits per heavy atom. The molecule has 19 heavy (non-hydrogen) atoms. The second kappa shape index (κ2) is 5.74. The van der Waals surface area contributed by atoms with Crippen molar-refractivity contribution in [2.24, 2.45) is 10.7 Å². The van der Waals surface area contributed by atoms with Crippen molar-refractivity contribution in [1.82, 2.24) is 0 Å². The first-order valence-electron chi connectivity index (χ1n) is 4.66. The van der Waals surface area contributed by atoms with Crippen LogP contribution in [-0.4, -0.2) is 23.0 Å². The van der Waals surface area contributed by atoms with E-state index in [1.54, 1.807) is 0 Å². The lowest BCUT2D eigenvalue weighted by Crippen LogP contribution is -2.18. The number of amidine groups is 1. The van der Waals surface area contributed by atoms with Crippen LogP contribution in [0, 0.1) is 10.1 Å². The van der Waals surface area contributed by atoms with Gasteiger partial charge >= 0.3 is 6.36 Å². The van der Waals surface area contributed by atoms with E-state index < -0.39 is 28.4 Å². The minimum Gasteiger partial charge on any atom is -0.403 e. The maximum Gasteiger partial charge on any atom is 0.573 e. The van der Waals surface area contributed by atoms with E-state index in [0.717, 1.165) is 18.2 Å². The summed E-state index contributed by atoms with van der Waals surface area (Å²) in [6.07, 6.45) is -4.95. The van der Waals surface area contributed by atoms with Crippen LogP contribution < -0.4 is 10.5 Å². The number of alkyl halides is 4. The number of non-ortho nitro benzene ring substituents is 1. The molecule has 1 aromatic rings. The Kier molecular flexibility index (Phi) is 4.54. The summed E-state index contributed by atoms with van der Waals surface area (Å²) in [6.45, 7) is 0. The van der Waals surface area contributed by atoms with Crippen molar-refractivity contribution in [3.05, 3.63) is 28.3 Å². The van der Waals surface area contributed by atoms with Crippen LogP contribution in [0.5, 0.6) is 5.75 Å². The number of nitro benzene ring substituents is 1. The van der Waals surface area contributed by atoms with Gasteiger partial charge in [-0.15, -0.1) is 24.8 Å². The monoisotopic (exact) mass is 297 g/mol. The third-order valence-electron chi connectivity index (χ3n) is 1.78. The lowest BCUT2D eigenvalue weighted by molar-refractivity contribution is -0.384. The standard InChI is InChI=1S/C9H7ClF3N3O3/c10-4-8(14)15-6-3-5(16(17)18)1-2-7(6)19-9(11,12)13/h1-3H,4H2,(H2,14,15). The summed E-state index contributed by atoms with van der Waals surface area (Å²) in [5, 5.41) is 10.5. The molecule has 0 bridgehead atoms. The maximum atomic E-state index is 12.1. The first-order valence-corrected chi connectivity index (χ1v) is 5.19. The summed E-state index contributed by atoms with van der Waals surface area (Å²) in [7, 11) is 0. The minimum atomic E-state index is -4.95. The van der Waals surface area contributed by atoms with Crippen LogP contribution in [-0.2, 0) is 0 Å². The number of hydrogen-bond acceptors (Lipinski definition) is 4. The number of ether oxygens (including phenoxy) is 1. The lowest BCUT2D eigenvalue weighted by atomic mass is 10.2. The van der Waals surface area contributed by atoms with Crippen LogP contribution in [0.1, 0.15) is 0 Å². The van der Waals surface area contributed by atoms with Gasteiger partial charge in [-0.2, -0.15) is 0 Å². The molecule has 0 aliphatic carbocycles. The van der Waals surface area contributed by atoms with E-state index in [2.05, 4.69) is 9.73 Å². The first-order chi connectivity index (χ1) is 8.73. The molecule has 0 heterocycles. The van der Waals surface area contributed by atoms with Crippen LogP contribution in [0.3, 0.4) is 0 Å². The van der Waals surface area contributed by atoms with Crippen LogP contribution in [0.4, 0.5) is 24.5 Å². The molecule has 10 heteroatoms. The van der Waals surface area contributed by atoms with Gasteiger partial charge in [0.25, 0.3) is 5.69 Å². The highest BCUT2D eigenvalue weighted by atomic mass is 35.5. The summed E-state index contributed by atoms with van der Waals surface area (Å²) in [6, 6.07) is 2.45. The highest BCUT2D eigenvalue weighted by Crippen LogP contribution is 2.35. The molecule has 0 amide bonds. The molecule has 0 saturated carbocycles. The predicted octanol–water partition coefficient (Wildman–Crippen LogP) is 2.72. The molecule has 2 N–H and O–H groups in total. The average Bonchev–Trinajstić information content (AvgIpc) is 2.29. The number of hydrogen-bond donors (Lipinski definition) is 1. The molecule has 0 aliphatic heterocycles. The minimum absolute atomic E-state index is 0.200. The summed E-state index contributed by atoms with van der Waals surface area (Å²) in [5.74, 6) is -1.14. The summed E-state index contributed by atoms with van der Waals surface area (Å²) in [4.78, 5) is 13.3. The highest BCUT2D eigenvalue weighted by molar-refractivity contribution is 6.28. The van der Waals surface area contributed by atoms with Crippen molar-refractivity contribution in [3.63, 3.8) is 0 Å². The maximum absolute atomic E-state index is 12.1. The SMILES string of the molecule is NC(CCl)=Nc1cc([N+](=O)[O-])ccc1OC(F)(F)F. The Labute approximate surface area is 109 Å². The zero-order chi connectivity index (χ0) is 14.6. The number of nitrogens with two attached hydrogens (primary N) is 1. The lowest BCUT2D eigenvalue weighted by Gasteiger charge is -2.11. The van der Waals surface area contributed by atoms with Crippen molar-refractivity contribution in [2.45, 2.75) is 6.36 Å². The fourth-order valence-corrected chi connectivity index (χ4v) is 1.16. The second-order valence-electron chi connectivity index (χ2n) is 3.19. The number of nitro groups is 1. The zero-order valence-corrected chi connectivity index (χ0v) is 9.90. The number of nitrogens with zero attached hydrogens (tertiary/aromatic N) is 2. The Morgan fingerprint density at radius 1 is 1.53 bits per heavy atom. The quantitative estimate of drug-likeness (QED) is 0.304. The molecule has 1 aromatic carbocycles. The molecule has 0 atom stereocenters. The molecule has 0 fully saturated rings. The molecule has 0 aromatic heterocycles. The Hall–Kier alpha value is -2.03. The molecule has 0 unspecified atom stereocenters. The van der Waals surface area contributed by atoms with Gasteiger partial charge in [0, 0.05) is 12.1 Å². The third kappa shape index (κ3) is 4.62. The fourth-order valence-electron chi connectivity index (χ4n) is 1.10. The Bertz CT molecular complexity index is 519.